The molecule has 0 amide bonds. The van der Waals surface area contributed by atoms with Crippen LogP contribution in [0, 0.1) is 34.0 Å². The van der Waals surface area contributed by atoms with E-state index >= 15 is 0 Å². The molecular weight excluding hydrogens is 640 g/mol. The fourth-order valence-corrected chi connectivity index (χ4v) is 10.8. The average Bonchev–Trinajstić information content (AvgIpc) is 3.26. The largest absolute Gasteiger partial charge is 0.462 e. The average molecular weight is 695 g/mol. The lowest BCUT2D eigenvalue weighted by Crippen LogP contribution is -2.76. The number of benzene rings is 1. The lowest BCUT2D eigenvalue weighted by molar-refractivity contribution is -0.304. The molecule has 2 fully saturated rings. The van der Waals surface area contributed by atoms with Gasteiger partial charge in [-0.1, -0.05) is 56.3 Å². The summed E-state index contributed by atoms with van der Waals surface area (Å²) in [5.41, 5.74) is -2.21. The zero-order valence-corrected chi connectivity index (χ0v) is 30.7. The summed E-state index contributed by atoms with van der Waals surface area (Å²) in [6.07, 6.45) is 5.22. The second-order valence-electron chi connectivity index (χ2n) is 15.5. The monoisotopic (exact) mass is 694 g/mol. The van der Waals surface area contributed by atoms with E-state index in [-0.39, 0.29) is 13.2 Å². The van der Waals surface area contributed by atoms with Crippen molar-refractivity contribution in [3.63, 3.8) is 0 Å². The summed E-state index contributed by atoms with van der Waals surface area (Å²) >= 11 is 0. The van der Waals surface area contributed by atoms with Gasteiger partial charge in [-0.3, -0.25) is 19.2 Å². The Labute approximate surface area is 295 Å². The number of carbonyl (C=O) groups is 4. The lowest BCUT2D eigenvalue weighted by atomic mass is 9.35. The molecule has 10 heteroatoms. The number of hydrogen-bond donors (Lipinski definition) is 1. The summed E-state index contributed by atoms with van der Waals surface area (Å²) in [5.74, 6) is -3.57. The molecular formula is C40H54O10. The maximum atomic E-state index is 13.1. The molecule has 274 valence electrons. The molecule has 4 aliphatic rings. The van der Waals surface area contributed by atoms with Crippen molar-refractivity contribution in [2.24, 2.45) is 34.0 Å². The molecule has 1 aromatic carbocycles. The molecule has 1 aromatic rings. The van der Waals surface area contributed by atoms with Gasteiger partial charge in [-0.25, -0.2) is 0 Å². The maximum absolute atomic E-state index is 13.1. The van der Waals surface area contributed by atoms with Gasteiger partial charge in [-0.15, -0.1) is 0 Å². The Hall–Kier alpha value is -3.50. The van der Waals surface area contributed by atoms with Gasteiger partial charge in [0.15, 0.2) is 6.10 Å². The van der Waals surface area contributed by atoms with E-state index in [1.165, 1.54) is 33.3 Å². The summed E-state index contributed by atoms with van der Waals surface area (Å²) in [5, 5.41) is 12.9. The number of aryl methyl sites for hydroxylation is 1. The van der Waals surface area contributed by atoms with Crippen LogP contribution < -0.4 is 0 Å². The highest BCUT2D eigenvalue weighted by Crippen LogP contribution is 2.72. The Balaban J connectivity index is 1.73. The van der Waals surface area contributed by atoms with E-state index in [0.717, 1.165) is 12.0 Å². The van der Waals surface area contributed by atoms with Crippen LogP contribution in [-0.2, 0) is 49.3 Å². The van der Waals surface area contributed by atoms with Crippen LogP contribution in [0.25, 0.3) is 0 Å². The predicted octanol–water partition coefficient (Wildman–Crippen LogP) is 5.69. The standard InChI is InChI=1S/C40H54O10/c1-24-22-33(48-27(4)42)38(8)32(40(24,45)19-12-16-30-14-10-9-11-15-30)18-20-37(7)31-17-13-21-46-23-39(31,25(2)47-26(3)41)36(50-29(6)44)34(35(37)38)49-28(5)43/h9-11,13-15,17,22,25,31-36,45H,12,16,18-21,23H2,1-8H3/t25?,31?,32?,33-,34?,35?,36+,37+,38-,39-,40+/m1/s1. The minimum Gasteiger partial charge on any atom is -0.462 e. The van der Waals surface area contributed by atoms with E-state index < -0.39 is 87.9 Å². The van der Waals surface area contributed by atoms with Gasteiger partial charge < -0.3 is 28.8 Å². The minimum absolute atomic E-state index is 0.0626. The van der Waals surface area contributed by atoms with Crippen molar-refractivity contribution in [3.8, 4) is 0 Å². The molecule has 0 bridgehead atoms. The summed E-state index contributed by atoms with van der Waals surface area (Å²) in [4.78, 5) is 51.5. The molecule has 2 saturated carbocycles. The third-order valence-corrected chi connectivity index (χ3v) is 12.6. The number of fused-ring (bicyclic) bond motifs is 5. The molecule has 11 atom stereocenters. The van der Waals surface area contributed by atoms with Gasteiger partial charge in [0.25, 0.3) is 0 Å². The van der Waals surface area contributed by atoms with Crippen molar-refractivity contribution in [1.29, 1.82) is 0 Å². The quantitative estimate of drug-likeness (QED) is 0.195. The molecule has 0 aromatic heterocycles. The number of aliphatic hydroxyl groups is 1. The third kappa shape index (κ3) is 6.42. The number of carbonyl (C=O) groups excluding carboxylic acids is 4. The number of esters is 4. The number of rotatable bonds is 9. The van der Waals surface area contributed by atoms with Crippen molar-refractivity contribution in [3.05, 3.63) is 59.7 Å². The fourth-order valence-electron chi connectivity index (χ4n) is 10.8. The van der Waals surface area contributed by atoms with Crippen LogP contribution in [0.2, 0.25) is 0 Å². The number of ether oxygens (including phenoxy) is 5. The van der Waals surface area contributed by atoms with Gasteiger partial charge in [-0.05, 0) is 74.5 Å². The second-order valence-corrected chi connectivity index (χ2v) is 15.5. The summed E-state index contributed by atoms with van der Waals surface area (Å²) in [6, 6.07) is 10.1. The highest BCUT2D eigenvalue weighted by atomic mass is 16.6. The smallest absolute Gasteiger partial charge is 0.303 e. The first-order valence-electron chi connectivity index (χ1n) is 17.9. The zero-order chi connectivity index (χ0) is 36.6. The first kappa shape index (κ1) is 37.7. The predicted molar refractivity (Wildman–Crippen MR) is 184 cm³/mol. The summed E-state index contributed by atoms with van der Waals surface area (Å²) < 4.78 is 30.8. The number of allylic oxidation sites excluding steroid dienone is 1. The Morgan fingerprint density at radius 1 is 0.960 bits per heavy atom. The highest BCUT2D eigenvalue weighted by molar-refractivity contribution is 5.68. The molecule has 5 unspecified atom stereocenters. The zero-order valence-electron chi connectivity index (χ0n) is 30.7. The van der Waals surface area contributed by atoms with E-state index in [1.807, 2.05) is 44.2 Å². The Kier molecular flexibility index (Phi) is 10.8. The van der Waals surface area contributed by atoms with Crippen LogP contribution in [0.4, 0.5) is 0 Å². The molecule has 0 spiro atoms. The molecule has 5 rings (SSSR count). The normalized spacial score (nSPS) is 38.1. The summed E-state index contributed by atoms with van der Waals surface area (Å²) in [6.45, 7) is 13.5. The molecule has 1 aliphatic heterocycles. The van der Waals surface area contributed by atoms with Crippen LogP contribution in [0.3, 0.4) is 0 Å². The van der Waals surface area contributed by atoms with Crippen LogP contribution >= 0.6 is 0 Å². The van der Waals surface area contributed by atoms with Crippen LogP contribution in [-0.4, -0.2) is 72.2 Å². The van der Waals surface area contributed by atoms with Gasteiger partial charge in [0, 0.05) is 44.9 Å². The highest BCUT2D eigenvalue weighted by Gasteiger charge is 2.76. The molecule has 0 radical (unpaired) electrons. The molecule has 1 N–H and O–H groups in total. The number of hydrogen-bond acceptors (Lipinski definition) is 10. The van der Waals surface area contributed by atoms with E-state index in [2.05, 4.69) is 25.1 Å². The van der Waals surface area contributed by atoms with Crippen LogP contribution in [0.5, 0.6) is 0 Å². The Morgan fingerprint density at radius 3 is 2.24 bits per heavy atom. The fraction of sp³-hybridized carbons (Fsp3) is 0.650. The SMILES string of the molecule is CC(=O)OC1C2[C@@](C)(CCC3[C@]2(C)[C@H](OC(C)=O)C=C(C)[C@@]3(O)CCCc2ccccc2)C2C=CCOC[C@]2(C(C)OC(C)=O)[C@H]1OC(C)=O. The topological polar surface area (TPSA) is 135 Å². The molecule has 10 nitrogen and oxygen atoms in total. The van der Waals surface area contributed by atoms with Gasteiger partial charge in [0.05, 0.1) is 24.2 Å². The maximum Gasteiger partial charge on any atom is 0.303 e. The van der Waals surface area contributed by atoms with Crippen molar-refractivity contribution in [1.82, 2.24) is 0 Å². The van der Waals surface area contributed by atoms with Gasteiger partial charge >= 0.3 is 23.9 Å². The van der Waals surface area contributed by atoms with E-state index in [0.29, 0.717) is 25.7 Å². The van der Waals surface area contributed by atoms with Crippen LogP contribution in [0.15, 0.2) is 54.1 Å². The summed E-state index contributed by atoms with van der Waals surface area (Å²) in [7, 11) is 0. The van der Waals surface area contributed by atoms with E-state index in [9.17, 15) is 24.3 Å². The second kappa shape index (κ2) is 14.3. The minimum atomic E-state index is -1.26. The van der Waals surface area contributed by atoms with E-state index in [1.54, 1.807) is 6.92 Å². The molecule has 1 heterocycles. The molecule has 50 heavy (non-hydrogen) atoms. The van der Waals surface area contributed by atoms with Crippen molar-refractivity contribution in [2.45, 2.75) is 118 Å². The Morgan fingerprint density at radius 2 is 1.62 bits per heavy atom. The third-order valence-electron chi connectivity index (χ3n) is 12.6. The van der Waals surface area contributed by atoms with Crippen molar-refractivity contribution in [2.75, 3.05) is 13.2 Å². The van der Waals surface area contributed by atoms with Gasteiger partial charge in [-0.2, -0.15) is 0 Å². The molecule has 3 aliphatic carbocycles. The van der Waals surface area contributed by atoms with Gasteiger partial charge in [0.1, 0.15) is 18.3 Å². The van der Waals surface area contributed by atoms with Crippen molar-refractivity contribution < 1.29 is 48.0 Å². The van der Waals surface area contributed by atoms with Crippen molar-refractivity contribution >= 4 is 23.9 Å². The molecule has 0 saturated heterocycles. The first-order chi connectivity index (χ1) is 23.5. The first-order valence-corrected chi connectivity index (χ1v) is 17.9. The lowest BCUT2D eigenvalue weighted by Gasteiger charge is -2.71. The van der Waals surface area contributed by atoms with Gasteiger partial charge in [0.2, 0.25) is 0 Å². The Bertz CT molecular complexity index is 1520. The van der Waals surface area contributed by atoms with Crippen LogP contribution in [0.1, 0.15) is 86.6 Å². The van der Waals surface area contributed by atoms with E-state index in [4.69, 9.17) is 23.7 Å².